The van der Waals surface area contributed by atoms with E-state index in [1.54, 1.807) is 7.11 Å². The van der Waals surface area contributed by atoms with Crippen LogP contribution in [0.1, 0.15) is 52.6 Å². The molecule has 3 unspecified atom stereocenters. The molecule has 21 heavy (non-hydrogen) atoms. The van der Waals surface area contributed by atoms with Gasteiger partial charge in [0.25, 0.3) is 0 Å². The summed E-state index contributed by atoms with van der Waals surface area (Å²) in [6, 6.07) is 9.24. The van der Waals surface area contributed by atoms with E-state index in [9.17, 15) is 0 Å². The van der Waals surface area contributed by atoms with E-state index in [2.05, 4.69) is 50.4 Å². The van der Waals surface area contributed by atoms with Crippen LogP contribution in [0.15, 0.2) is 24.3 Å². The van der Waals surface area contributed by atoms with Crippen LogP contribution in [0, 0.1) is 5.41 Å². The summed E-state index contributed by atoms with van der Waals surface area (Å²) in [5, 5.41) is 3.73. The third-order valence-corrected chi connectivity index (χ3v) is 4.67. The van der Waals surface area contributed by atoms with Crippen molar-refractivity contribution in [1.29, 1.82) is 0 Å². The molecule has 1 fully saturated rings. The van der Waals surface area contributed by atoms with Gasteiger partial charge in [-0.2, -0.15) is 0 Å². The normalized spacial score (nSPS) is 25.5. The van der Waals surface area contributed by atoms with Gasteiger partial charge >= 0.3 is 0 Å². The van der Waals surface area contributed by atoms with Crippen LogP contribution in [0.5, 0.6) is 5.75 Å². The Balaban J connectivity index is 1.93. The van der Waals surface area contributed by atoms with Crippen molar-refractivity contribution >= 4 is 0 Å². The molecule has 0 aromatic heterocycles. The minimum atomic E-state index is 0.198. The fraction of sp³-hybridized carbons (Fsp3) is 0.667. The van der Waals surface area contributed by atoms with Crippen LogP contribution in [-0.2, 0) is 4.74 Å². The van der Waals surface area contributed by atoms with Gasteiger partial charge in [-0.3, -0.25) is 0 Å². The second-order valence-electron chi connectivity index (χ2n) is 6.96. The minimum Gasteiger partial charge on any atom is -0.491 e. The summed E-state index contributed by atoms with van der Waals surface area (Å²) in [4.78, 5) is 0. The van der Waals surface area contributed by atoms with Crippen LogP contribution in [0.3, 0.4) is 0 Å². The lowest BCUT2D eigenvalue weighted by Gasteiger charge is -2.52. The summed E-state index contributed by atoms with van der Waals surface area (Å²) in [6.45, 7) is 10.9. The maximum atomic E-state index is 5.69. The predicted octanol–water partition coefficient (Wildman–Crippen LogP) is 3.94. The number of rotatable bonds is 6. The molecule has 1 aliphatic rings. The average molecular weight is 291 g/mol. The van der Waals surface area contributed by atoms with Crippen molar-refractivity contribution in [1.82, 2.24) is 5.32 Å². The number of hydrogen-bond donors (Lipinski definition) is 1. The van der Waals surface area contributed by atoms with E-state index in [-0.39, 0.29) is 11.5 Å². The van der Waals surface area contributed by atoms with Crippen LogP contribution in [0.25, 0.3) is 0 Å². The molecule has 1 N–H and O–H groups in total. The third-order valence-electron chi connectivity index (χ3n) is 4.67. The molecule has 1 saturated carbocycles. The Morgan fingerprint density at radius 3 is 2.24 bits per heavy atom. The lowest BCUT2D eigenvalue weighted by molar-refractivity contribution is -0.0999. The Hall–Kier alpha value is -1.06. The number of ether oxygens (including phenoxy) is 2. The Kier molecular flexibility index (Phi) is 4.95. The summed E-state index contributed by atoms with van der Waals surface area (Å²) >= 11 is 0. The van der Waals surface area contributed by atoms with Crippen molar-refractivity contribution in [3.63, 3.8) is 0 Å². The summed E-state index contributed by atoms with van der Waals surface area (Å²) < 4.78 is 11.2. The van der Waals surface area contributed by atoms with Gasteiger partial charge in [0.05, 0.1) is 12.2 Å². The highest BCUT2D eigenvalue weighted by Crippen LogP contribution is 2.43. The molecule has 0 bridgehead atoms. The molecule has 3 atom stereocenters. The topological polar surface area (TPSA) is 30.5 Å². The molecule has 0 aliphatic heterocycles. The van der Waals surface area contributed by atoms with E-state index in [0.29, 0.717) is 18.2 Å². The predicted molar refractivity (Wildman–Crippen MR) is 86.7 cm³/mol. The highest BCUT2D eigenvalue weighted by molar-refractivity contribution is 5.29. The smallest absolute Gasteiger partial charge is 0.119 e. The van der Waals surface area contributed by atoms with Crippen molar-refractivity contribution in [3.05, 3.63) is 29.8 Å². The maximum Gasteiger partial charge on any atom is 0.119 e. The van der Waals surface area contributed by atoms with Crippen molar-refractivity contribution in [2.75, 3.05) is 7.11 Å². The molecule has 3 heteroatoms. The van der Waals surface area contributed by atoms with Gasteiger partial charge < -0.3 is 14.8 Å². The quantitative estimate of drug-likeness (QED) is 0.861. The molecule has 1 aromatic rings. The molecule has 0 saturated heterocycles. The molecular weight excluding hydrogens is 262 g/mol. The van der Waals surface area contributed by atoms with Crippen LogP contribution in [-0.4, -0.2) is 25.4 Å². The molecule has 2 rings (SSSR count). The van der Waals surface area contributed by atoms with Crippen molar-refractivity contribution in [2.24, 2.45) is 5.41 Å². The van der Waals surface area contributed by atoms with Crippen LogP contribution in [0.2, 0.25) is 0 Å². The van der Waals surface area contributed by atoms with Crippen LogP contribution >= 0.6 is 0 Å². The molecule has 0 spiro atoms. The lowest BCUT2D eigenvalue weighted by Crippen LogP contribution is -2.60. The van der Waals surface area contributed by atoms with Gasteiger partial charge in [0, 0.05) is 24.6 Å². The summed E-state index contributed by atoms with van der Waals surface area (Å²) in [5.74, 6) is 0.935. The molecular formula is C18H29NO2. The Bertz CT molecular complexity index is 453. The van der Waals surface area contributed by atoms with Crippen LogP contribution in [0.4, 0.5) is 0 Å². The van der Waals surface area contributed by atoms with Crippen LogP contribution < -0.4 is 10.1 Å². The third kappa shape index (κ3) is 3.58. The van der Waals surface area contributed by atoms with Crippen molar-refractivity contribution < 1.29 is 9.47 Å². The fourth-order valence-electron chi connectivity index (χ4n) is 3.07. The largest absolute Gasteiger partial charge is 0.491 e. The Morgan fingerprint density at radius 1 is 1.14 bits per heavy atom. The molecule has 0 heterocycles. The van der Waals surface area contributed by atoms with Gasteiger partial charge in [-0.15, -0.1) is 0 Å². The zero-order valence-electron chi connectivity index (χ0n) is 14.1. The van der Waals surface area contributed by atoms with Gasteiger partial charge in [-0.25, -0.2) is 0 Å². The number of nitrogens with one attached hydrogen (secondary N) is 1. The first-order chi connectivity index (χ1) is 9.84. The highest BCUT2D eigenvalue weighted by Gasteiger charge is 2.48. The molecule has 1 aromatic carbocycles. The van der Waals surface area contributed by atoms with E-state index in [0.717, 1.165) is 12.2 Å². The highest BCUT2D eigenvalue weighted by atomic mass is 16.5. The van der Waals surface area contributed by atoms with Crippen molar-refractivity contribution in [3.8, 4) is 5.75 Å². The van der Waals surface area contributed by atoms with E-state index in [4.69, 9.17) is 9.47 Å². The molecule has 118 valence electrons. The summed E-state index contributed by atoms with van der Waals surface area (Å²) in [5.41, 5.74) is 1.49. The average Bonchev–Trinajstić information content (AvgIpc) is 2.42. The van der Waals surface area contributed by atoms with E-state index < -0.39 is 0 Å². The van der Waals surface area contributed by atoms with Gasteiger partial charge in [-0.1, -0.05) is 26.0 Å². The molecule has 1 aliphatic carbocycles. The maximum absolute atomic E-state index is 5.69. The van der Waals surface area contributed by atoms with E-state index in [1.165, 1.54) is 5.56 Å². The fourth-order valence-corrected chi connectivity index (χ4v) is 3.07. The standard InChI is InChI=1S/C18H29NO2/c1-12(2)21-15-9-7-14(8-10-15)13(3)19-16-11-17(20-6)18(16,4)5/h7-10,12-13,16-17,19H,11H2,1-6H3. The SMILES string of the molecule is COC1CC(NC(C)c2ccc(OC(C)C)cc2)C1(C)C. The first-order valence-electron chi connectivity index (χ1n) is 7.90. The molecule has 0 radical (unpaired) electrons. The minimum absolute atomic E-state index is 0.198. The van der Waals surface area contributed by atoms with Gasteiger partial charge in [0.1, 0.15) is 5.75 Å². The van der Waals surface area contributed by atoms with E-state index in [1.807, 2.05) is 13.8 Å². The zero-order valence-corrected chi connectivity index (χ0v) is 14.1. The summed E-state index contributed by atoms with van der Waals surface area (Å²) in [7, 11) is 1.81. The van der Waals surface area contributed by atoms with E-state index >= 15 is 0 Å². The first kappa shape index (κ1) is 16.3. The zero-order chi connectivity index (χ0) is 15.6. The number of hydrogen-bond acceptors (Lipinski definition) is 3. The monoisotopic (exact) mass is 291 g/mol. The Morgan fingerprint density at radius 2 is 1.76 bits per heavy atom. The lowest BCUT2D eigenvalue weighted by atomic mass is 9.64. The second-order valence-corrected chi connectivity index (χ2v) is 6.96. The summed E-state index contributed by atoms with van der Waals surface area (Å²) in [6.07, 6.45) is 1.67. The van der Waals surface area contributed by atoms with Gasteiger partial charge in [-0.05, 0) is 44.9 Å². The molecule has 3 nitrogen and oxygen atoms in total. The van der Waals surface area contributed by atoms with Gasteiger partial charge in [0.15, 0.2) is 0 Å². The first-order valence-corrected chi connectivity index (χ1v) is 7.90. The molecule has 0 amide bonds. The van der Waals surface area contributed by atoms with Crippen molar-refractivity contribution in [2.45, 2.75) is 65.3 Å². The number of methoxy groups -OCH3 is 1. The van der Waals surface area contributed by atoms with Gasteiger partial charge in [0.2, 0.25) is 0 Å². The number of benzene rings is 1. The second kappa shape index (κ2) is 6.37. The Labute approximate surface area is 129 Å².